The molecule has 1 N–H and O–H groups in total. The predicted octanol–water partition coefficient (Wildman–Crippen LogP) is 4.38. The van der Waals surface area contributed by atoms with Gasteiger partial charge in [-0.05, 0) is 57.5 Å². The third-order valence-corrected chi connectivity index (χ3v) is 6.38. The van der Waals surface area contributed by atoms with Crippen LogP contribution in [0.25, 0.3) is 10.2 Å². The van der Waals surface area contributed by atoms with Gasteiger partial charge in [0.15, 0.2) is 11.5 Å². The van der Waals surface area contributed by atoms with Gasteiger partial charge in [0.25, 0.3) is 0 Å². The largest absolute Gasteiger partial charge is 0.454 e. The van der Waals surface area contributed by atoms with Crippen LogP contribution in [0.5, 0.6) is 11.5 Å². The summed E-state index contributed by atoms with van der Waals surface area (Å²) in [7, 11) is 0. The molecule has 4 heterocycles. The second kappa shape index (κ2) is 6.65. The number of aromatic nitrogens is 2. The summed E-state index contributed by atoms with van der Waals surface area (Å²) in [4.78, 5) is 14.5. The van der Waals surface area contributed by atoms with Crippen molar-refractivity contribution in [2.24, 2.45) is 0 Å². The van der Waals surface area contributed by atoms with Crippen LogP contribution in [-0.4, -0.2) is 34.8 Å². The first-order valence-corrected chi connectivity index (χ1v) is 10.1. The molecular weight excluding hydrogens is 360 g/mol. The number of benzene rings is 1. The van der Waals surface area contributed by atoms with Crippen molar-refractivity contribution in [3.8, 4) is 11.5 Å². The number of hydrogen-bond donors (Lipinski definition) is 1. The van der Waals surface area contributed by atoms with Crippen LogP contribution in [0, 0.1) is 13.8 Å². The second-order valence-corrected chi connectivity index (χ2v) is 8.33. The zero-order valence-electron chi connectivity index (χ0n) is 15.5. The van der Waals surface area contributed by atoms with E-state index in [1.54, 1.807) is 11.3 Å². The molecule has 0 aliphatic carbocycles. The van der Waals surface area contributed by atoms with E-state index in [1.165, 1.54) is 23.3 Å². The van der Waals surface area contributed by atoms with E-state index in [0.29, 0.717) is 0 Å². The van der Waals surface area contributed by atoms with Crippen molar-refractivity contribution < 1.29 is 9.47 Å². The smallest absolute Gasteiger partial charge is 0.231 e. The number of hydrogen-bond acceptors (Lipinski definition) is 7. The summed E-state index contributed by atoms with van der Waals surface area (Å²) < 4.78 is 10.9. The van der Waals surface area contributed by atoms with Crippen molar-refractivity contribution in [1.29, 1.82) is 0 Å². The fraction of sp³-hybridized carbons (Fsp3) is 0.400. The molecule has 140 valence electrons. The summed E-state index contributed by atoms with van der Waals surface area (Å²) in [5, 5.41) is 4.61. The van der Waals surface area contributed by atoms with E-state index in [1.807, 2.05) is 18.2 Å². The molecular formula is C20H22N4O2S. The molecule has 0 bridgehead atoms. The predicted molar refractivity (Wildman–Crippen MR) is 107 cm³/mol. The molecule has 0 spiro atoms. The standard InChI is InChI=1S/C20H22N4O2S/c1-12-13(2)27-20-18(12)19(22-17(23-20)10-24-7-3-4-8-24)21-14-5-6-15-16(9-14)26-11-25-15/h5-6,9H,3-4,7-8,10-11H2,1-2H3,(H,21,22,23). The van der Waals surface area contributed by atoms with Crippen LogP contribution in [0.3, 0.4) is 0 Å². The van der Waals surface area contributed by atoms with Crippen molar-refractivity contribution >= 4 is 33.1 Å². The molecule has 0 amide bonds. The molecule has 2 aliphatic rings. The topological polar surface area (TPSA) is 59.5 Å². The van der Waals surface area contributed by atoms with Gasteiger partial charge in [0.1, 0.15) is 16.5 Å². The van der Waals surface area contributed by atoms with Gasteiger partial charge in [-0.25, -0.2) is 9.97 Å². The van der Waals surface area contributed by atoms with Crippen molar-refractivity contribution in [2.75, 3.05) is 25.2 Å². The van der Waals surface area contributed by atoms with Gasteiger partial charge in [0.2, 0.25) is 6.79 Å². The Morgan fingerprint density at radius 2 is 1.93 bits per heavy atom. The van der Waals surface area contributed by atoms with Gasteiger partial charge in [-0.1, -0.05) is 0 Å². The van der Waals surface area contributed by atoms with Crippen LogP contribution in [0.4, 0.5) is 11.5 Å². The highest BCUT2D eigenvalue weighted by Crippen LogP contribution is 2.38. The van der Waals surface area contributed by atoms with Gasteiger partial charge in [0, 0.05) is 16.6 Å². The molecule has 0 atom stereocenters. The lowest BCUT2D eigenvalue weighted by atomic mass is 10.2. The Balaban J connectivity index is 1.54. The number of thiophene rings is 1. The van der Waals surface area contributed by atoms with E-state index in [9.17, 15) is 0 Å². The molecule has 2 aromatic heterocycles. The van der Waals surface area contributed by atoms with Gasteiger partial charge in [-0.15, -0.1) is 11.3 Å². The van der Waals surface area contributed by atoms with E-state index in [-0.39, 0.29) is 6.79 Å². The van der Waals surface area contributed by atoms with Crippen LogP contribution < -0.4 is 14.8 Å². The van der Waals surface area contributed by atoms with Crippen molar-refractivity contribution in [3.63, 3.8) is 0 Å². The van der Waals surface area contributed by atoms with Crippen molar-refractivity contribution in [3.05, 3.63) is 34.5 Å². The Kier molecular flexibility index (Phi) is 4.13. The summed E-state index contributed by atoms with van der Waals surface area (Å²) in [5.74, 6) is 3.30. The number of fused-ring (bicyclic) bond motifs is 2. The molecule has 6 nitrogen and oxygen atoms in total. The van der Waals surface area contributed by atoms with Crippen LogP contribution >= 0.6 is 11.3 Å². The Labute approximate surface area is 162 Å². The van der Waals surface area contributed by atoms with Gasteiger partial charge in [0.05, 0.1) is 11.9 Å². The lowest BCUT2D eigenvalue weighted by Crippen LogP contribution is -2.20. The fourth-order valence-electron chi connectivity index (χ4n) is 3.71. The van der Waals surface area contributed by atoms with E-state index >= 15 is 0 Å². The lowest BCUT2D eigenvalue weighted by molar-refractivity contribution is 0.174. The monoisotopic (exact) mass is 382 g/mol. The fourth-order valence-corrected chi connectivity index (χ4v) is 4.75. The number of rotatable bonds is 4. The third kappa shape index (κ3) is 3.11. The number of ether oxygens (including phenoxy) is 2. The van der Waals surface area contributed by atoms with Crippen LogP contribution in [0.2, 0.25) is 0 Å². The maximum absolute atomic E-state index is 5.50. The first kappa shape index (κ1) is 16.8. The molecule has 3 aromatic rings. The molecule has 27 heavy (non-hydrogen) atoms. The molecule has 7 heteroatoms. The zero-order chi connectivity index (χ0) is 18.4. The zero-order valence-corrected chi connectivity index (χ0v) is 16.4. The molecule has 1 saturated heterocycles. The highest BCUT2D eigenvalue weighted by atomic mass is 32.1. The number of nitrogens with one attached hydrogen (secondary N) is 1. The minimum absolute atomic E-state index is 0.277. The summed E-state index contributed by atoms with van der Waals surface area (Å²) >= 11 is 1.74. The Bertz CT molecular complexity index is 1010. The number of nitrogens with zero attached hydrogens (tertiary/aromatic N) is 3. The Morgan fingerprint density at radius 3 is 2.78 bits per heavy atom. The number of likely N-dealkylation sites (tertiary alicyclic amines) is 1. The van der Waals surface area contributed by atoms with Crippen molar-refractivity contribution in [1.82, 2.24) is 14.9 Å². The summed E-state index contributed by atoms with van der Waals surface area (Å²) in [5.41, 5.74) is 2.18. The SMILES string of the molecule is Cc1sc2nc(CN3CCCC3)nc(Nc3ccc4c(c3)OCO4)c2c1C. The minimum Gasteiger partial charge on any atom is -0.454 e. The normalized spacial score (nSPS) is 16.4. The Morgan fingerprint density at radius 1 is 1.11 bits per heavy atom. The molecule has 0 radical (unpaired) electrons. The number of aryl methyl sites for hydroxylation is 2. The van der Waals surface area contributed by atoms with Gasteiger partial charge < -0.3 is 14.8 Å². The first-order chi connectivity index (χ1) is 13.2. The molecule has 0 unspecified atom stereocenters. The van der Waals surface area contributed by atoms with Gasteiger partial charge in [-0.2, -0.15) is 0 Å². The summed E-state index contributed by atoms with van der Waals surface area (Å²) in [6.45, 7) is 7.64. The van der Waals surface area contributed by atoms with E-state index in [0.717, 1.165) is 58.7 Å². The van der Waals surface area contributed by atoms with Crippen LogP contribution in [-0.2, 0) is 6.54 Å². The average molecular weight is 382 g/mol. The molecule has 1 aromatic carbocycles. The van der Waals surface area contributed by atoms with E-state index in [2.05, 4.69) is 24.1 Å². The number of anilines is 2. The highest BCUT2D eigenvalue weighted by Gasteiger charge is 2.19. The van der Waals surface area contributed by atoms with Gasteiger partial charge in [-0.3, -0.25) is 4.90 Å². The molecule has 1 fully saturated rings. The van der Waals surface area contributed by atoms with Crippen LogP contribution in [0.1, 0.15) is 29.1 Å². The van der Waals surface area contributed by atoms with E-state index < -0.39 is 0 Å². The molecule has 5 rings (SSSR count). The summed E-state index contributed by atoms with van der Waals surface area (Å²) in [6, 6.07) is 5.89. The molecule has 2 aliphatic heterocycles. The quantitative estimate of drug-likeness (QED) is 0.723. The lowest BCUT2D eigenvalue weighted by Gasteiger charge is -2.15. The third-order valence-electron chi connectivity index (χ3n) is 5.27. The summed E-state index contributed by atoms with van der Waals surface area (Å²) in [6.07, 6.45) is 2.53. The first-order valence-electron chi connectivity index (χ1n) is 9.33. The molecule has 0 saturated carbocycles. The highest BCUT2D eigenvalue weighted by molar-refractivity contribution is 7.18. The van der Waals surface area contributed by atoms with Gasteiger partial charge >= 0.3 is 0 Å². The van der Waals surface area contributed by atoms with Crippen molar-refractivity contribution in [2.45, 2.75) is 33.2 Å². The minimum atomic E-state index is 0.277. The average Bonchev–Trinajstić information content (AvgIpc) is 3.37. The van der Waals surface area contributed by atoms with E-state index in [4.69, 9.17) is 19.4 Å². The maximum atomic E-state index is 5.50. The Hall–Kier alpha value is -2.38. The second-order valence-electron chi connectivity index (χ2n) is 7.13. The maximum Gasteiger partial charge on any atom is 0.231 e. The van der Waals surface area contributed by atoms with Crippen LogP contribution in [0.15, 0.2) is 18.2 Å².